The van der Waals surface area contributed by atoms with E-state index in [1.807, 2.05) is 12.2 Å². The summed E-state index contributed by atoms with van der Waals surface area (Å²) in [5.74, 6) is -1.86. The smallest absolute Gasteiger partial charge is 0.327 e. The van der Waals surface area contributed by atoms with E-state index in [1.54, 1.807) is 12.2 Å². The van der Waals surface area contributed by atoms with Gasteiger partial charge in [0.25, 0.3) is 0 Å². The molecule has 0 aromatic rings. The highest BCUT2D eigenvalue weighted by Crippen LogP contribution is 1.97. The Hall–Kier alpha value is -1.84. The zero-order valence-electron chi connectivity index (χ0n) is 9.00. The van der Waals surface area contributed by atoms with Crippen molar-refractivity contribution in [3.63, 3.8) is 0 Å². The number of allylic oxidation sites excluding steroid dienone is 4. The van der Waals surface area contributed by atoms with E-state index in [9.17, 15) is 9.59 Å². The Morgan fingerprint density at radius 1 is 0.688 bits per heavy atom. The predicted molar refractivity (Wildman–Crippen MR) is 61.2 cm³/mol. The van der Waals surface area contributed by atoms with Gasteiger partial charge in [-0.2, -0.15) is 0 Å². The molecule has 0 spiro atoms. The van der Waals surface area contributed by atoms with Crippen LogP contribution in [0.15, 0.2) is 36.5 Å². The van der Waals surface area contributed by atoms with Gasteiger partial charge >= 0.3 is 11.9 Å². The van der Waals surface area contributed by atoms with Gasteiger partial charge in [-0.3, -0.25) is 0 Å². The first-order valence-electron chi connectivity index (χ1n) is 5.07. The summed E-state index contributed by atoms with van der Waals surface area (Å²) in [7, 11) is 0. The Labute approximate surface area is 94.6 Å². The third kappa shape index (κ3) is 12.2. The van der Waals surface area contributed by atoms with Gasteiger partial charge in [0, 0.05) is 12.2 Å². The van der Waals surface area contributed by atoms with Gasteiger partial charge in [0.15, 0.2) is 0 Å². The second-order valence-corrected chi connectivity index (χ2v) is 3.11. The zero-order chi connectivity index (χ0) is 12.2. The fourth-order valence-corrected chi connectivity index (χ4v) is 0.989. The van der Waals surface area contributed by atoms with Crippen LogP contribution in [0, 0.1) is 0 Å². The minimum atomic E-state index is -0.928. The summed E-state index contributed by atoms with van der Waals surface area (Å²) in [6.07, 6.45) is 12.4. The number of aliphatic carboxylic acids is 2. The Kier molecular flexibility index (Phi) is 8.59. The van der Waals surface area contributed by atoms with Crippen LogP contribution in [0.2, 0.25) is 0 Å². The van der Waals surface area contributed by atoms with Crippen LogP contribution in [0.1, 0.15) is 25.7 Å². The molecule has 0 rings (SSSR count). The van der Waals surface area contributed by atoms with Crippen molar-refractivity contribution in [2.24, 2.45) is 0 Å². The lowest BCUT2D eigenvalue weighted by Gasteiger charge is -1.87. The van der Waals surface area contributed by atoms with Crippen LogP contribution in [-0.2, 0) is 9.59 Å². The molecule has 0 aliphatic rings. The molecule has 4 nitrogen and oxygen atoms in total. The SMILES string of the molecule is O=C(O)C=CCCC=CCCC=CC(=O)O. The normalized spacial score (nSPS) is 11.8. The highest BCUT2D eigenvalue weighted by atomic mass is 16.4. The van der Waals surface area contributed by atoms with E-state index in [1.165, 1.54) is 0 Å². The average Bonchev–Trinajstić information content (AvgIpc) is 2.20. The lowest BCUT2D eigenvalue weighted by Crippen LogP contribution is -1.85. The number of hydrogen-bond acceptors (Lipinski definition) is 2. The molecule has 0 fully saturated rings. The van der Waals surface area contributed by atoms with Crippen molar-refractivity contribution in [1.29, 1.82) is 0 Å². The highest BCUT2D eigenvalue weighted by molar-refractivity contribution is 5.79. The topological polar surface area (TPSA) is 74.6 Å². The molecule has 2 N–H and O–H groups in total. The third-order valence-corrected chi connectivity index (χ3v) is 1.69. The number of carboxylic acids is 2. The molecule has 0 heterocycles. The zero-order valence-corrected chi connectivity index (χ0v) is 9.00. The lowest BCUT2D eigenvalue weighted by molar-refractivity contribution is -0.132. The van der Waals surface area contributed by atoms with E-state index in [0.717, 1.165) is 25.0 Å². The molecule has 16 heavy (non-hydrogen) atoms. The summed E-state index contributed by atoms with van der Waals surface area (Å²) in [4.78, 5) is 20.2. The molecule has 0 saturated carbocycles. The van der Waals surface area contributed by atoms with Crippen LogP contribution in [0.3, 0.4) is 0 Å². The molecule has 4 heteroatoms. The van der Waals surface area contributed by atoms with Gasteiger partial charge in [-0.15, -0.1) is 0 Å². The van der Waals surface area contributed by atoms with Crippen LogP contribution in [-0.4, -0.2) is 22.2 Å². The first-order valence-corrected chi connectivity index (χ1v) is 5.07. The van der Waals surface area contributed by atoms with Crippen molar-refractivity contribution < 1.29 is 19.8 Å². The Balaban J connectivity index is 3.42. The molecule has 0 amide bonds. The van der Waals surface area contributed by atoms with E-state index in [0.29, 0.717) is 12.8 Å². The summed E-state index contributed by atoms with van der Waals surface area (Å²) >= 11 is 0. The van der Waals surface area contributed by atoms with Crippen LogP contribution in [0.4, 0.5) is 0 Å². The Bertz CT molecular complexity index is 270. The molecule has 0 aliphatic carbocycles. The summed E-state index contributed by atoms with van der Waals surface area (Å²) in [5.41, 5.74) is 0. The van der Waals surface area contributed by atoms with E-state index in [-0.39, 0.29) is 0 Å². The summed E-state index contributed by atoms with van der Waals surface area (Å²) < 4.78 is 0. The molecule has 0 saturated heterocycles. The number of carbonyl (C=O) groups is 2. The largest absolute Gasteiger partial charge is 0.478 e. The van der Waals surface area contributed by atoms with Crippen LogP contribution >= 0.6 is 0 Å². The minimum absolute atomic E-state index is 0.702. The predicted octanol–water partition coefficient (Wildman–Crippen LogP) is 2.38. The average molecular weight is 224 g/mol. The molecule has 0 radical (unpaired) electrons. The number of hydrogen-bond donors (Lipinski definition) is 2. The second-order valence-electron chi connectivity index (χ2n) is 3.11. The Morgan fingerprint density at radius 2 is 1.00 bits per heavy atom. The van der Waals surface area contributed by atoms with E-state index in [2.05, 4.69) is 0 Å². The quantitative estimate of drug-likeness (QED) is 0.377. The molecule has 0 bridgehead atoms. The van der Waals surface area contributed by atoms with Gasteiger partial charge < -0.3 is 10.2 Å². The molecular weight excluding hydrogens is 208 g/mol. The highest BCUT2D eigenvalue weighted by Gasteiger charge is 1.85. The lowest BCUT2D eigenvalue weighted by atomic mass is 10.2. The summed E-state index contributed by atoms with van der Waals surface area (Å²) in [6.45, 7) is 0. The van der Waals surface area contributed by atoms with Crippen molar-refractivity contribution >= 4 is 11.9 Å². The Morgan fingerprint density at radius 3 is 1.31 bits per heavy atom. The molecule has 0 unspecified atom stereocenters. The van der Waals surface area contributed by atoms with Gasteiger partial charge in [0.05, 0.1) is 0 Å². The van der Waals surface area contributed by atoms with E-state index >= 15 is 0 Å². The molecular formula is C12H16O4. The monoisotopic (exact) mass is 224 g/mol. The van der Waals surface area contributed by atoms with Gasteiger partial charge in [-0.1, -0.05) is 24.3 Å². The van der Waals surface area contributed by atoms with E-state index < -0.39 is 11.9 Å². The van der Waals surface area contributed by atoms with Crippen LogP contribution < -0.4 is 0 Å². The van der Waals surface area contributed by atoms with Crippen LogP contribution in [0.5, 0.6) is 0 Å². The van der Waals surface area contributed by atoms with E-state index in [4.69, 9.17) is 10.2 Å². The van der Waals surface area contributed by atoms with Gasteiger partial charge in [-0.05, 0) is 25.7 Å². The van der Waals surface area contributed by atoms with Gasteiger partial charge in [0.2, 0.25) is 0 Å². The summed E-state index contributed by atoms with van der Waals surface area (Å²) in [5, 5.41) is 16.6. The maximum Gasteiger partial charge on any atom is 0.327 e. The minimum Gasteiger partial charge on any atom is -0.478 e. The standard InChI is InChI=1S/C12H16O4/c13-11(14)9-7-5-3-1-2-4-6-8-10-12(15)16/h1-2,7-10H,3-6H2,(H,13,14)(H,15,16). The fourth-order valence-electron chi connectivity index (χ4n) is 0.989. The number of carboxylic acid groups (broad SMARTS) is 2. The van der Waals surface area contributed by atoms with Crippen molar-refractivity contribution in [3.8, 4) is 0 Å². The number of unbranched alkanes of at least 4 members (excludes halogenated alkanes) is 2. The maximum atomic E-state index is 10.1. The van der Waals surface area contributed by atoms with Crippen molar-refractivity contribution in [2.45, 2.75) is 25.7 Å². The maximum absolute atomic E-state index is 10.1. The fraction of sp³-hybridized carbons (Fsp3) is 0.333. The van der Waals surface area contributed by atoms with Crippen molar-refractivity contribution in [2.75, 3.05) is 0 Å². The number of rotatable bonds is 8. The third-order valence-electron chi connectivity index (χ3n) is 1.69. The molecule has 0 aromatic carbocycles. The molecule has 0 aliphatic heterocycles. The van der Waals surface area contributed by atoms with Gasteiger partial charge in [-0.25, -0.2) is 9.59 Å². The molecule has 88 valence electrons. The molecule has 0 aromatic heterocycles. The first-order chi connectivity index (χ1) is 7.63. The van der Waals surface area contributed by atoms with Gasteiger partial charge in [0.1, 0.15) is 0 Å². The first kappa shape index (κ1) is 14.2. The van der Waals surface area contributed by atoms with Crippen molar-refractivity contribution in [3.05, 3.63) is 36.5 Å². The summed E-state index contributed by atoms with van der Waals surface area (Å²) in [6, 6.07) is 0. The van der Waals surface area contributed by atoms with Crippen LogP contribution in [0.25, 0.3) is 0 Å². The molecule has 0 atom stereocenters. The second kappa shape index (κ2) is 9.71. The van der Waals surface area contributed by atoms with Crippen molar-refractivity contribution in [1.82, 2.24) is 0 Å².